The normalized spacial score (nSPS) is 22.6. The first-order valence-corrected chi connectivity index (χ1v) is 6.77. The van der Waals surface area contributed by atoms with Gasteiger partial charge >= 0.3 is 0 Å². The minimum absolute atomic E-state index is 0.0319. The summed E-state index contributed by atoms with van der Waals surface area (Å²) in [6, 6.07) is 5.67. The second kappa shape index (κ2) is 6.72. The Kier molecular flexibility index (Phi) is 4.98. The van der Waals surface area contributed by atoms with Crippen LogP contribution >= 0.6 is 0 Å². The van der Waals surface area contributed by atoms with Gasteiger partial charge in [-0.05, 0) is 24.1 Å². The van der Waals surface area contributed by atoms with Gasteiger partial charge in [0, 0.05) is 6.42 Å². The number of Topliss-reactive ketones (excluding diaryl/α,β-unsaturated/α-hetero) is 1. The zero-order chi connectivity index (χ0) is 14.5. The number of aliphatic hydroxyl groups excluding tert-OH is 1. The number of carbonyl (C=O) groups is 1. The maximum atomic E-state index is 11.6. The smallest absolute Gasteiger partial charge is 0.207 e. The molecule has 0 amide bonds. The second-order valence-corrected chi connectivity index (χ2v) is 4.77. The second-order valence-electron chi connectivity index (χ2n) is 4.77. The Morgan fingerprint density at radius 1 is 1.35 bits per heavy atom. The number of hydrogen-bond acceptors (Lipinski definition) is 5. The molecule has 0 aliphatic carbocycles. The highest BCUT2D eigenvalue weighted by molar-refractivity contribution is 5.79. The number of carbonyl (C=O) groups excluding carboxylic acids is 1. The van der Waals surface area contributed by atoms with Gasteiger partial charge in [0.05, 0.1) is 26.2 Å². The molecule has 0 saturated carbocycles. The van der Waals surface area contributed by atoms with E-state index in [1.165, 1.54) is 0 Å². The van der Waals surface area contributed by atoms with Crippen molar-refractivity contribution in [2.24, 2.45) is 0 Å². The summed E-state index contributed by atoms with van der Waals surface area (Å²) in [5.41, 5.74) is 1.14. The fourth-order valence-corrected chi connectivity index (χ4v) is 2.18. The highest BCUT2D eigenvalue weighted by Gasteiger charge is 2.29. The number of aryl methyl sites for hydroxylation is 1. The van der Waals surface area contributed by atoms with Gasteiger partial charge in [-0.2, -0.15) is 0 Å². The van der Waals surface area contributed by atoms with Crippen molar-refractivity contribution in [2.45, 2.75) is 38.6 Å². The Balaban J connectivity index is 2.10. The lowest BCUT2D eigenvalue weighted by Crippen LogP contribution is -2.38. The molecule has 1 aliphatic rings. The van der Waals surface area contributed by atoms with Crippen molar-refractivity contribution in [3.05, 3.63) is 23.8 Å². The minimum Gasteiger partial charge on any atom is -0.493 e. The zero-order valence-electron chi connectivity index (χ0n) is 11.8. The Labute approximate surface area is 118 Å². The Hall–Kier alpha value is -1.59. The lowest BCUT2D eigenvalue weighted by molar-refractivity contribution is -0.170. The molecule has 1 saturated heterocycles. The molecule has 2 atom stereocenters. The van der Waals surface area contributed by atoms with E-state index in [0.717, 1.165) is 12.0 Å². The fraction of sp³-hybridized carbons (Fsp3) is 0.533. The molecule has 110 valence electrons. The topological polar surface area (TPSA) is 65.0 Å². The van der Waals surface area contributed by atoms with Crippen molar-refractivity contribution >= 4 is 5.78 Å². The van der Waals surface area contributed by atoms with Gasteiger partial charge in [-0.25, -0.2) is 0 Å². The summed E-state index contributed by atoms with van der Waals surface area (Å²) in [5.74, 6) is 1.19. The van der Waals surface area contributed by atoms with Crippen molar-refractivity contribution in [3.63, 3.8) is 0 Å². The average Bonchev–Trinajstić information content (AvgIpc) is 2.47. The monoisotopic (exact) mass is 280 g/mol. The summed E-state index contributed by atoms with van der Waals surface area (Å²) < 4.78 is 16.5. The van der Waals surface area contributed by atoms with E-state index in [2.05, 4.69) is 6.92 Å². The van der Waals surface area contributed by atoms with E-state index in [-0.39, 0.29) is 25.2 Å². The van der Waals surface area contributed by atoms with Crippen LogP contribution in [0.1, 0.15) is 25.3 Å². The van der Waals surface area contributed by atoms with E-state index >= 15 is 0 Å². The predicted octanol–water partition coefficient (Wildman–Crippen LogP) is 1.70. The van der Waals surface area contributed by atoms with Gasteiger partial charge in [0.2, 0.25) is 6.29 Å². The van der Waals surface area contributed by atoms with E-state index in [1.54, 1.807) is 7.11 Å². The number of benzene rings is 1. The van der Waals surface area contributed by atoms with Crippen molar-refractivity contribution in [1.82, 2.24) is 0 Å². The molecule has 5 heteroatoms. The molecule has 0 bridgehead atoms. The number of rotatable bonds is 5. The summed E-state index contributed by atoms with van der Waals surface area (Å²) in [6.45, 7) is 1.88. The van der Waals surface area contributed by atoms with Crippen LogP contribution in [0.15, 0.2) is 18.2 Å². The third-order valence-corrected chi connectivity index (χ3v) is 3.29. The number of ether oxygens (including phenoxy) is 3. The summed E-state index contributed by atoms with van der Waals surface area (Å²) in [4.78, 5) is 11.6. The molecule has 0 unspecified atom stereocenters. The minimum atomic E-state index is -0.672. The summed E-state index contributed by atoms with van der Waals surface area (Å²) >= 11 is 0. The number of ketones is 1. The van der Waals surface area contributed by atoms with Gasteiger partial charge in [-0.1, -0.05) is 13.0 Å². The van der Waals surface area contributed by atoms with Crippen molar-refractivity contribution in [1.29, 1.82) is 0 Å². The first-order chi connectivity index (χ1) is 9.66. The largest absolute Gasteiger partial charge is 0.493 e. The van der Waals surface area contributed by atoms with Crippen LogP contribution < -0.4 is 9.47 Å². The molecular formula is C15H20O5. The number of methoxy groups -OCH3 is 1. The van der Waals surface area contributed by atoms with Crippen LogP contribution in [0, 0.1) is 0 Å². The van der Waals surface area contributed by atoms with E-state index in [0.29, 0.717) is 11.5 Å². The molecular weight excluding hydrogens is 260 g/mol. The van der Waals surface area contributed by atoms with E-state index < -0.39 is 12.4 Å². The fourth-order valence-electron chi connectivity index (χ4n) is 2.18. The van der Waals surface area contributed by atoms with Crippen LogP contribution in [0.25, 0.3) is 0 Å². The zero-order valence-corrected chi connectivity index (χ0v) is 11.8. The first kappa shape index (κ1) is 14.8. The Bertz CT molecular complexity index is 471. The molecule has 1 aromatic rings. The van der Waals surface area contributed by atoms with Gasteiger partial charge in [0.25, 0.3) is 0 Å². The number of aliphatic hydroxyl groups is 1. The quantitative estimate of drug-likeness (QED) is 0.889. The highest BCUT2D eigenvalue weighted by atomic mass is 16.7. The van der Waals surface area contributed by atoms with Crippen LogP contribution in [0.3, 0.4) is 0 Å². The van der Waals surface area contributed by atoms with Crippen LogP contribution in [-0.2, 0) is 16.0 Å². The van der Waals surface area contributed by atoms with Gasteiger partial charge in [0.1, 0.15) is 5.78 Å². The third kappa shape index (κ3) is 3.49. The van der Waals surface area contributed by atoms with Crippen molar-refractivity contribution in [3.8, 4) is 11.5 Å². The molecule has 2 rings (SSSR count). The van der Waals surface area contributed by atoms with E-state index in [1.807, 2.05) is 18.2 Å². The Morgan fingerprint density at radius 2 is 2.15 bits per heavy atom. The molecule has 1 fully saturated rings. The molecule has 1 aliphatic heterocycles. The van der Waals surface area contributed by atoms with Gasteiger partial charge in [-0.15, -0.1) is 0 Å². The third-order valence-electron chi connectivity index (χ3n) is 3.29. The highest BCUT2D eigenvalue weighted by Crippen LogP contribution is 2.31. The summed E-state index contributed by atoms with van der Waals surface area (Å²) in [6.07, 6.45) is 0.177. The average molecular weight is 280 g/mol. The lowest BCUT2D eigenvalue weighted by Gasteiger charge is -2.28. The standard InChI is InChI=1S/C15H20O5/c1-3-10-4-5-13(14(6-10)18-2)20-15-8-11(17)7-12(9-16)19-15/h4-6,12,15-16H,3,7-9H2,1-2H3/t12-,15-/m0/s1. The molecule has 20 heavy (non-hydrogen) atoms. The van der Waals surface area contributed by atoms with Crippen molar-refractivity contribution < 1.29 is 24.1 Å². The van der Waals surface area contributed by atoms with Crippen LogP contribution in [0.5, 0.6) is 11.5 Å². The molecule has 1 heterocycles. The molecule has 5 nitrogen and oxygen atoms in total. The molecule has 0 spiro atoms. The molecule has 1 aromatic carbocycles. The maximum absolute atomic E-state index is 11.6. The van der Waals surface area contributed by atoms with Gasteiger partial charge < -0.3 is 19.3 Å². The van der Waals surface area contributed by atoms with Gasteiger partial charge in [0.15, 0.2) is 11.5 Å². The molecule has 0 aromatic heterocycles. The van der Waals surface area contributed by atoms with E-state index in [4.69, 9.17) is 19.3 Å². The SMILES string of the molecule is CCc1ccc(O[C@H]2CC(=O)C[C@@H](CO)O2)c(OC)c1. The Morgan fingerprint density at radius 3 is 2.80 bits per heavy atom. The molecule has 1 N–H and O–H groups in total. The van der Waals surface area contributed by atoms with E-state index in [9.17, 15) is 4.79 Å². The van der Waals surface area contributed by atoms with Gasteiger partial charge in [-0.3, -0.25) is 4.79 Å². The van der Waals surface area contributed by atoms with Crippen LogP contribution in [0.4, 0.5) is 0 Å². The number of hydrogen-bond donors (Lipinski definition) is 1. The molecule has 0 radical (unpaired) electrons. The first-order valence-electron chi connectivity index (χ1n) is 6.77. The predicted molar refractivity (Wildman–Crippen MR) is 73.0 cm³/mol. The lowest BCUT2D eigenvalue weighted by atomic mass is 10.1. The van der Waals surface area contributed by atoms with Crippen molar-refractivity contribution in [2.75, 3.05) is 13.7 Å². The summed E-state index contributed by atoms with van der Waals surface area (Å²) in [7, 11) is 1.57. The maximum Gasteiger partial charge on any atom is 0.207 e. The van der Waals surface area contributed by atoms with Crippen LogP contribution in [-0.4, -0.2) is 37.0 Å². The summed E-state index contributed by atoms with van der Waals surface area (Å²) in [5, 5.41) is 9.10. The van der Waals surface area contributed by atoms with Crippen LogP contribution in [0.2, 0.25) is 0 Å².